The van der Waals surface area contributed by atoms with Gasteiger partial charge < -0.3 is 15.5 Å². The van der Waals surface area contributed by atoms with E-state index in [0.717, 1.165) is 38.2 Å². The molecule has 1 aromatic heterocycles. The monoisotopic (exact) mass is 414 g/mol. The van der Waals surface area contributed by atoms with Crippen LogP contribution in [0.3, 0.4) is 0 Å². The van der Waals surface area contributed by atoms with Crippen molar-refractivity contribution in [2.24, 2.45) is 11.7 Å². The highest BCUT2D eigenvalue weighted by Crippen LogP contribution is 2.29. The smallest absolute Gasteiger partial charge is 0.227 e. The summed E-state index contributed by atoms with van der Waals surface area (Å²) in [6, 6.07) is 1.72. The Morgan fingerprint density at radius 3 is 2.38 bits per heavy atom. The zero-order chi connectivity index (χ0) is 15.7. The second-order valence-corrected chi connectivity index (χ2v) is 6.82. The molecule has 1 aliphatic carbocycles. The first-order chi connectivity index (χ1) is 10.6. The number of piperazine rings is 1. The Morgan fingerprint density at radius 1 is 1.17 bits per heavy atom. The third-order valence-electron chi connectivity index (χ3n) is 4.57. The number of aromatic nitrogens is 1. The quantitative estimate of drug-likeness (QED) is 0.806. The van der Waals surface area contributed by atoms with Crippen molar-refractivity contribution in [2.75, 3.05) is 31.1 Å². The fourth-order valence-electron chi connectivity index (χ4n) is 3.31. The largest absolute Gasteiger partial charge is 0.352 e. The number of amides is 1. The number of rotatable bonds is 2. The summed E-state index contributed by atoms with van der Waals surface area (Å²) in [4.78, 5) is 20.9. The van der Waals surface area contributed by atoms with Crippen molar-refractivity contribution in [3.63, 3.8) is 0 Å². The summed E-state index contributed by atoms with van der Waals surface area (Å²) in [7, 11) is 0. The summed E-state index contributed by atoms with van der Waals surface area (Å²) in [5.74, 6) is 0.944. The van der Waals surface area contributed by atoms with Gasteiger partial charge in [-0.2, -0.15) is 0 Å². The van der Waals surface area contributed by atoms with Crippen molar-refractivity contribution in [2.45, 2.75) is 25.3 Å². The molecule has 1 amide bonds. The molecule has 1 aromatic rings. The topological polar surface area (TPSA) is 62.5 Å². The van der Waals surface area contributed by atoms with Gasteiger partial charge in [-0.1, -0.05) is 29.6 Å². The Bertz CT molecular complexity index is 566. The van der Waals surface area contributed by atoms with Gasteiger partial charge >= 0.3 is 0 Å². The Balaban J connectivity index is 0.00000144. The lowest BCUT2D eigenvalue weighted by Gasteiger charge is -2.37. The van der Waals surface area contributed by atoms with Gasteiger partial charge in [-0.05, 0) is 18.9 Å². The highest BCUT2D eigenvalue weighted by atomic mass is 35.5. The summed E-state index contributed by atoms with van der Waals surface area (Å²) in [6.45, 7) is 2.81. The second kappa shape index (κ2) is 9.30. The van der Waals surface area contributed by atoms with Crippen molar-refractivity contribution in [1.82, 2.24) is 9.88 Å². The molecule has 0 spiro atoms. The molecule has 136 valence electrons. The van der Waals surface area contributed by atoms with Crippen LogP contribution >= 0.6 is 48.0 Å². The summed E-state index contributed by atoms with van der Waals surface area (Å²) < 4.78 is 0. The van der Waals surface area contributed by atoms with E-state index in [2.05, 4.69) is 9.88 Å². The summed E-state index contributed by atoms with van der Waals surface area (Å²) in [5.41, 5.74) is 6.04. The number of nitrogens with zero attached hydrogens (tertiary/aromatic N) is 3. The van der Waals surface area contributed by atoms with E-state index in [1.165, 1.54) is 0 Å². The average Bonchev–Trinajstić information content (AvgIpc) is 2.93. The maximum atomic E-state index is 12.5. The number of halogens is 4. The predicted molar refractivity (Wildman–Crippen MR) is 103 cm³/mol. The third-order valence-corrected chi connectivity index (χ3v) is 5.05. The lowest BCUT2D eigenvalue weighted by molar-refractivity contribution is -0.136. The van der Waals surface area contributed by atoms with E-state index >= 15 is 0 Å². The van der Waals surface area contributed by atoms with Gasteiger partial charge in [0.05, 0.1) is 16.0 Å². The van der Waals surface area contributed by atoms with Crippen LogP contribution < -0.4 is 10.6 Å². The first-order valence-corrected chi connectivity index (χ1v) is 8.42. The Kier molecular flexibility index (Phi) is 8.36. The fraction of sp³-hybridized carbons (Fsp3) is 0.600. The van der Waals surface area contributed by atoms with Gasteiger partial charge in [0.1, 0.15) is 5.82 Å². The molecule has 5 nitrogen and oxygen atoms in total. The molecular formula is C15H22Cl4N4O. The Morgan fingerprint density at radius 2 is 1.83 bits per heavy atom. The number of pyridine rings is 1. The van der Waals surface area contributed by atoms with Crippen LogP contribution in [0.25, 0.3) is 0 Å². The zero-order valence-electron chi connectivity index (χ0n) is 13.2. The first kappa shape index (κ1) is 21.6. The molecule has 9 heteroatoms. The van der Waals surface area contributed by atoms with Crippen LogP contribution in [0.2, 0.25) is 10.0 Å². The van der Waals surface area contributed by atoms with E-state index in [-0.39, 0.29) is 42.7 Å². The third kappa shape index (κ3) is 4.58. The molecule has 0 bridgehead atoms. The zero-order valence-corrected chi connectivity index (χ0v) is 16.3. The Hall–Kier alpha value is -0.460. The molecule has 1 saturated heterocycles. The van der Waals surface area contributed by atoms with Gasteiger partial charge in [0, 0.05) is 38.4 Å². The molecule has 2 atom stereocenters. The Labute approximate surface area is 164 Å². The van der Waals surface area contributed by atoms with E-state index in [0.29, 0.717) is 23.1 Å². The van der Waals surface area contributed by atoms with Crippen molar-refractivity contribution in [1.29, 1.82) is 0 Å². The number of nitrogens with two attached hydrogens (primary N) is 1. The fourth-order valence-corrected chi connectivity index (χ4v) is 3.81. The van der Waals surface area contributed by atoms with Gasteiger partial charge in [0.15, 0.2) is 0 Å². The molecule has 3 rings (SSSR count). The molecule has 0 aromatic carbocycles. The number of hydrogen-bond donors (Lipinski definition) is 1. The van der Waals surface area contributed by atoms with Crippen molar-refractivity contribution in [3.8, 4) is 0 Å². The summed E-state index contributed by atoms with van der Waals surface area (Å²) >= 11 is 12.1. The summed E-state index contributed by atoms with van der Waals surface area (Å²) in [5, 5.41) is 1.07. The molecule has 2 N–H and O–H groups in total. The van der Waals surface area contributed by atoms with Crippen LogP contribution in [-0.4, -0.2) is 48.0 Å². The minimum absolute atomic E-state index is 0. The standard InChI is InChI=1S/C15H20Cl2N4O.2ClH/c16-10-8-12(17)14(19-9-10)20-4-6-21(7-5-20)15(22)11-2-1-3-13(11)18;;/h8-9,11,13H,1-7,18H2;2*1H. The van der Waals surface area contributed by atoms with Crippen molar-refractivity contribution in [3.05, 3.63) is 22.3 Å². The van der Waals surface area contributed by atoms with Crippen LogP contribution in [0.15, 0.2) is 12.3 Å². The molecule has 2 unspecified atom stereocenters. The highest BCUT2D eigenvalue weighted by Gasteiger charge is 2.34. The van der Waals surface area contributed by atoms with E-state index in [1.807, 2.05) is 4.90 Å². The maximum absolute atomic E-state index is 12.5. The highest BCUT2D eigenvalue weighted by molar-refractivity contribution is 6.36. The van der Waals surface area contributed by atoms with Gasteiger partial charge in [-0.15, -0.1) is 24.8 Å². The van der Waals surface area contributed by atoms with Crippen LogP contribution in [0.1, 0.15) is 19.3 Å². The molecule has 0 radical (unpaired) electrons. The van der Waals surface area contributed by atoms with Crippen molar-refractivity contribution < 1.29 is 4.79 Å². The molecule has 2 aliphatic rings. The first-order valence-electron chi connectivity index (χ1n) is 7.66. The van der Waals surface area contributed by atoms with E-state index in [4.69, 9.17) is 28.9 Å². The molecule has 24 heavy (non-hydrogen) atoms. The normalized spacial score (nSPS) is 23.5. The van der Waals surface area contributed by atoms with Crippen LogP contribution in [-0.2, 0) is 4.79 Å². The molecular weight excluding hydrogens is 394 g/mol. The molecule has 2 heterocycles. The predicted octanol–water partition coefficient (Wildman–Crippen LogP) is 3.01. The number of hydrogen-bond acceptors (Lipinski definition) is 4. The lowest BCUT2D eigenvalue weighted by atomic mass is 10.0. The van der Waals surface area contributed by atoms with Crippen LogP contribution in [0, 0.1) is 5.92 Å². The molecule has 2 fully saturated rings. The SMILES string of the molecule is Cl.Cl.NC1CCCC1C(=O)N1CCN(c2ncc(Cl)cc2Cl)CC1. The van der Waals surface area contributed by atoms with E-state index < -0.39 is 0 Å². The summed E-state index contributed by atoms with van der Waals surface area (Å²) in [6.07, 6.45) is 4.53. The molecule has 1 aliphatic heterocycles. The van der Waals surface area contributed by atoms with Gasteiger partial charge in [0.2, 0.25) is 5.91 Å². The maximum Gasteiger partial charge on any atom is 0.227 e. The lowest BCUT2D eigenvalue weighted by Crippen LogP contribution is -2.52. The molecule has 1 saturated carbocycles. The second-order valence-electron chi connectivity index (χ2n) is 5.97. The number of carbonyl (C=O) groups is 1. The number of anilines is 1. The average molecular weight is 416 g/mol. The van der Waals surface area contributed by atoms with Gasteiger partial charge in [0.25, 0.3) is 0 Å². The van der Waals surface area contributed by atoms with Gasteiger partial charge in [-0.25, -0.2) is 4.98 Å². The van der Waals surface area contributed by atoms with Gasteiger partial charge in [-0.3, -0.25) is 4.79 Å². The van der Waals surface area contributed by atoms with E-state index in [9.17, 15) is 4.79 Å². The van der Waals surface area contributed by atoms with E-state index in [1.54, 1.807) is 12.3 Å². The van der Waals surface area contributed by atoms with Crippen molar-refractivity contribution >= 4 is 59.7 Å². The van der Waals surface area contributed by atoms with Crippen LogP contribution in [0.5, 0.6) is 0 Å². The minimum atomic E-state index is 0. The van der Waals surface area contributed by atoms with Crippen LogP contribution in [0.4, 0.5) is 5.82 Å². The minimum Gasteiger partial charge on any atom is -0.352 e. The number of carbonyl (C=O) groups excluding carboxylic acids is 1.